The normalized spacial score (nSPS) is 11.3. The number of nitrogens with zero attached hydrogens (tertiary/aromatic N) is 4. The fourth-order valence-electron chi connectivity index (χ4n) is 2.27. The fraction of sp³-hybridized carbons (Fsp3) is 0.267. The molecule has 0 saturated heterocycles. The molecule has 0 amide bonds. The Morgan fingerprint density at radius 3 is 2.75 bits per heavy atom. The predicted molar refractivity (Wildman–Crippen MR) is 81.6 cm³/mol. The number of aryl methyl sites for hydroxylation is 1. The summed E-state index contributed by atoms with van der Waals surface area (Å²) in [5, 5.41) is 11.5. The van der Waals surface area contributed by atoms with Gasteiger partial charge in [-0.2, -0.15) is 0 Å². The molecular formula is C15H16N4S. The van der Waals surface area contributed by atoms with Crippen molar-refractivity contribution in [3.63, 3.8) is 0 Å². The van der Waals surface area contributed by atoms with Gasteiger partial charge in [-0.25, -0.2) is 0 Å². The zero-order valence-electron chi connectivity index (χ0n) is 11.6. The van der Waals surface area contributed by atoms with Crippen LogP contribution in [0, 0.1) is 6.92 Å². The summed E-state index contributed by atoms with van der Waals surface area (Å²) in [6.07, 6.45) is 1.85. The summed E-state index contributed by atoms with van der Waals surface area (Å²) in [4.78, 5) is 6.73. The van der Waals surface area contributed by atoms with E-state index >= 15 is 0 Å². The molecular weight excluding hydrogens is 268 g/mol. The molecule has 3 aromatic rings. The first-order valence-electron chi connectivity index (χ1n) is 6.52. The summed E-state index contributed by atoms with van der Waals surface area (Å²) in [6, 6.07) is 10.4. The Hall–Kier alpha value is -1.85. The van der Waals surface area contributed by atoms with Crippen molar-refractivity contribution in [3.05, 3.63) is 52.1 Å². The van der Waals surface area contributed by atoms with E-state index in [1.807, 2.05) is 19.2 Å². The van der Waals surface area contributed by atoms with Gasteiger partial charge in [0.1, 0.15) is 10.0 Å². The van der Waals surface area contributed by atoms with Crippen molar-refractivity contribution >= 4 is 22.2 Å². The Morgan fingerprint density at radius 1 is 1.10 bits per heavy atom. The first-order chi connectivity index (χ1) is 9.72. The molecule has 0 unspecified atom stereocenters. The first-order valence-corrected chi connectivity index (χ1v) is 7.34. The molecule has 102 valence electrons. The molecule has 5 heteroatoms. The zero-order valence-corrected chi connectivity index (χ0v) is 12.4. The van der Waals surface area contributed by atoms with Gasteiger partial charge in [-0.15, -0.1) is 21.5 Å². The molecule has 1 aromatic carbocycles. The second-order valence-corrected chi connectivity index (χ2v) is 6.15. The molecule has 0 aliphatic carbocycles. The lowest BCUT2D eigenvalue weighted by atomic mass is 10.1. The fourth-order valence-corrected chi connectivity index (χ4v) is 3.06. The maximum Gasteiger partial charge on any atom is 0.131 e. The predicted octanol–water partition coefficient (Wildman–Crippen LogP) is 3.03. The smallest absolute Gasteiger partial charge is 0.131 e. The Labute approximate surface area is 122 Å². The highest BCUT2D eigenvalue weighted by Crippen LogP contribution is 2.18. The van der Waals surface area contributed by atoms with Crippen molar-refractivity contribution in [1.29, 1.82) is 0 Å². The van der Waals surface area contributed by atoms with Gasteiger partial charge in [0, 0.05) is 18.1 Å². The van der Waals surface area contributed by atoms with Gasteiger partial charge in [0.25, 0.3) is 0 Å². The average Bonchev–Trinajstić information content (AvgIpc) is 2.84. The third kappa shape index (κ3) is 2.84. The molecule has 0 aliphatic rings. The van der Waals surface area contributed by atoms with E-state index in [2.05, 4.69) is 51.4 Å². The SMILES string of the molecule is Cc1nnc(CN(C)Cc2cccc3cccnc23)s1. The van der Waals surface area contributed by atoms with Gasteiger partial charge in [-0.05, 0) is 25.6 Å². The zero-order chi connectivity index (χ0) is 13.9. The second kappa shape index (κ2) is 5.64. The number of fused-ring (bicyclic) bond motifs is 1. The van der Waals surface area contributed by atoms with Crippen LogP contribution in [0.4, 0.5) is 0 Å². The summed E-state index contributed by atoms with van der Waals surface area (Å²) in [7, 11) is 2.10. The van der Waals surface area contributed by atoms with Crippen LogP contribution in [0.5, 0.6) is 0 Å². The Kier molecular flexibility index (Phi) is 3.71. The van der Waals surface area contributed by atoms with Crippen molar-refractivity contribution in [2.45, 2.75) is 20.0 Å². The highest BCUT2D eigenvalue weighted by atomic mass is 32.1. The highest BCUT2D eigenvalue weighted by Gasteiger charge is 2.08. The molecule has 2 heterocycles. The van der Waals surface area contributed by atoms with Gasteiger partial charge in [0.05, 0.1) is 12.1 Å². The molecule has 0 spiro atoms. The van der Waals surface area contributed by atoms with Gasteiger partial charge in [-0.1, -0.05) is 24.3 Å². The van der Waals surface area contributed by atoms with Crippen molar-refractivity contribution in [2.24, 2.45) is 0 Å². The number of para-hydroxylation sites is 1. The van der Waals surface area contributed by atoms with E-state index in [0.717, 1.165) is 28.6 Å². The first kappa shape index (κ1) is 13.1. The van der Waals surface area contributed by atoms with Crippen LogP contribution < -0.4 is 0 Å². The number of pyridine rings is 1. The summed E-state index contributed by atoms with van der Waals surface area (Å²) in [5.74, 6) is 0. The van der Waals surface area contributed by atoms with Crippen LogP contribution in [-0.4, -0.2) is 27.1 Å². The lowest BCUT2D eigenvalue weighted by Gasteiger charge is -2.15. The molecule has 0 N–H and O–H groups in total. The molecule has 2 aromatic heterocycles. The quantitative estimate of drug-likeness (QED) is 0.738. The van der Waals surface area contributed by atoms with Crippen LogP contribution in [-0.2, 0) is 13.1 Å². The minimum Gasteiger partial charge on any atom is -0.295 e. The van der Waals surface area contributed by atoms with Crippen molar-refractivity contribution < 1.29 is 0 Å². The summed E-state index contributed by atoms with van der Waals surface area (Å²) >= 11 is 1.65. The molecule has 0 saturated carbocycles. The van der Waals surface area contributed by atoms with Crippen LogP contribution >= 0.6 is 11.3 Å². The topological polar surface area (TPSA) is 41.9 Å². The largest absolute Gasteiger partial charge is 0.295 e. The van der Waals surface area contributed by atoms with E-state index in [4.69, 9.17) is 0 Å². The standard InChI is InChI=1S/C15H16N4S/c1-11-17-18-14(20-11)10-19(2)9-13-6-3-5-12-7-4-8-16-15(12)13/h3-8H,9-10H2,1-2H3. The van der Waals surface area contributed by atoms with Gasteiger partial charge in [0.2, 0.25) is 0 Å². The van der Waals surface area contributed by atoms with Crippen molar-refractivity contribution in [3.8, 4) is 0 Å². The number of aromatic nitrogens is 3. The maximum atomic E-state index is 4.49. The molecule has 20 heavy (non-hydrogen) atoms. The third-order valence-corrected chi connectivity index (χ3v) is 3.95. The monoisotopic (exact) mass is 284 g/mol. The molecule has 0 atom stereocenters. The third-order valence-electron chi connectivity index (χ3n) is 3.13. The van der Waals surface area contributed by atoms with E-state index in [1.54, 1.807) is 11.3 Å². The average molecular weight is 284 g/mol. The van der Waals surface area contributed by atoms with Gasteiger partial charge >= 0.3 is 0 Å². The summed E-state index contributed by atoms with van der Waals surface area (Å²) < 4.78 is 0. The number of benzene rings is 1. The lowest BCUT2D eigenvalue weighted by molar-refractivity contribution is 0.318. The van der Waals surface area contributed by atoms with Crippen LogP contribution in [0.25, 0.3) is 10.9 Å². The van der Waals surface area contributed by atoms with Crippen molar-refractivity contribution in [1.82, 2.24) is 20.1 Å². The van der Waals surface area contributed by atoms with Crippen LogP contribution in [0.15, 0.2) is 36.5 Å². The number of rotatable bonds is 4. The van der Waals surface area contributed by atoms with Crippen molar-refractivity contribution in [2.75, 3.05) is 7.05 Å². The maximum absolute atomic E-state index is 4.49. The Bertz CT molecular complexity index is 717. The molecule has 4 nitrogen and oxygen atoms in total. The lowest BCUT2D eigenvalue weighted by Crippen LogP contribution is -2.17. The van der Waals surface area contributed by atoms with E-state index < -0.39 is 0 Å². The Balaban J connectivity index is 1.79. The van der Waals surface area contributed by atoms with Crippen LogP contribution in [0.2, 0.25) is 0 Å². The second-order valence-electron chi connectivity index (χ2n) is 4.88. The van der Waals surface area contributed by atoms with E-state index in [-0.39, 0.29) is 0 Å². The molecule has 0 radical (unpaired) electrons. The molecule has 0 bridgehead atoms. The number of hydrogen-bond donors (Lipinski definition) is 0. The minimum absolute atomic E-state index is 0.814. The molecule has 3 rings (SSSR count). The van der Waals surface area contributed by atoms with Crippen LogP contribution in [0.1, 0.15) is 15.6 Å². The van der Waals surface area contributed by atoms with Gasteiger partial charge in [-0.3, -0.25) is 9.88 Å². The van der Waals surface area contributed by atoms with E-state index in [9.17, 15) is 0 Å². The van der Waals surface area contributed by atoms with E-state index in [0.29, 0.717) is 0 Å². The summed E-state index contributed by atoms with van der Waals surface area (Å²) in [5.41, 5.74) is 2.32. The Morgan fingerprint density at radius 2 is 1.95 bits per heavy atom. The molecule has 0 aliphatic heterocycles. The molecule has 0 fully saturated rings. The number of hydrogen-bond acceptors (Lipinski definition) is 5. The van der Waals surface area contributed by atoms with Gasteiger partial charge < -0.3 is 0 Å². The minimum atomic E-state index is 0.814. The van der Waals surface area contributed by atoms with Gasteiger partial charge in [0.15, 0.2) is 0 Å². The highest BCUT2D eigenvalue weighted by molar-refractivity contribution is 7.11. The van der Waals surface area contributed by atoms with Crippen LogP contribution in [0.3, 0.4) is 0 Å². The van der Waals surface area contributed by atoms with E-state index in [1.165, 1.54) is 10.9 Å². The summed E-state index contributed by atoms with van der Waals surface area (Å²) in [6.45, 7) is 3.65.